The molecule has 1 unspecified atom stereocenters. The molecule has 168 valence electrons. The van der Waals surface area contributed by atoms with Crippen molar-refractivity contribution in [2.24, 2.45) is 0 Å². The molecule has 4 aromatic rings. The lowest BCUT2D eigenvalue weighted by Gasteiger charge is -2.16. The second-order valence-corrected chi connectivity index (χ2v) is 8.90. The first-order valence-corrected chi connectivity index (χ1v) is 11.5. The molecule has 7 heteroatoms. The Hall–Kier alpha value is -3.58. The summed E-state index contributed by atoms with van der Waals surface area (Å²) in [5.74, 6) is 0.921. The molecule has 0 saturated carbocycles. The first-order chi connectivity index (χ1) is 16.0. The zero-order valence-electron chi connectivity index (χ0n) is 18.7. The van der Waals surface area contributed by atoms with Gasteiger partial charge in [0.15, 0.2) is 6.61 Å². The summed E-state index contributed by atoms with van der Waals surface area (Å²) in [6.07, 6.45) is 0. The van der Waals surface area contributed by atoms with E-state index in [-0.39, 0.29) is 12.5 Å². The maximum Gasteiger partial charge on any atom is 0.277 e. The minimum Gasteiger partial charge on any atom is -0.484 e. The zero-order valence-corrected chi connectivity index (χ0v) is 19.6. The first-order valence-electron chi connectivity index (χ1n) is 10.6. The Labute approximate surface area is 197 Å². The number of nitrogens with one attached hydrogen (secondary N) is 1. The van der Waals surface area contributed by atoms with Gasteiger partial charge in [-0.25, -0.2) is 0 Å². The van der Waals surface area contributed by atoms with Crippen molar-refractivity contribution in [2.75, 3.05) is 5.32 Å². The lowest BCUT2D eigenvalue weighted by Crippen LogP contribution is -2.19. The lowest BCUT2D eigenvalue weighted by molar-refractivity contribution is -0.115. The van der Waals surface area contributed by atoms with Gasteiger partial charge in [0.25, 0.3) is 11.1 Å². The Balaban J connectivity index is 1.48. The fraction of sp³-hybridized carbons (Fsp3) is 0.192. The van der Waals surface area contributed by atoms with E-state index in [0.29, 0.717) is 11.1 Å². The van der Waals surface area contributed by atoms with Crippen LogP contribution in [0.3, 0.4) is 0 Å². The van der Waals surface area contributed by atoms with Gasteiger partial charge in [-0.3, -0.25) is 4.79 Å². The van der Waals surface area contributed by atoms with Crippen LogP contribution in [0.15, 0.2) is 82.4 Å². The summed E-state index contributed by atoms with van der Waals surface area (Å²) in [6.45, 7) is 6.17. The first kappa shape index (κ1) is 22.6. The van der Waals surface area contributed by atoms with Crippen LogP contribution < -0.4 is 10.1 Å². The van der Waals surface area contributed by atoms with E-state index >= 15 is 0 Å². The van der Waals surface area contributed by atoms with E-state index in [1.165, 1.54) is 11.8 Å². The summed E-state index contributed by atoms with van der Waals surface area (Å²) in [5, 5.41) is 11.0. The Kier molecular flexibility index (Phi) is 7.10. The standard InChI is InChI=1S/C26H25N3O3S/c1-17-8-7-11-22(15-17)31-16-23-28-29-26(32-23)33-24(20-9-5-4-6-10-20)25(30)27-21-13-18(2)12-19(3)14-21/h4-15,24H,16H2,1-3H3,(H,27,30). The van der Waals surface area contributed by atoms with Gasteiger partial charge in [-0.15, -0.1) is 10.2 Å². The summed E-state index contributed by atoms with van der Waals surface area (Å²) < 4.78 is 11.5. The summed E-state index contributed by atoms with van der Waals surface area (Å²) in [7, 11) is 0. The predicted molar refractivity (Wildman–Crippen MR) is 129 cm³/mol. The van der Waals surface area contributed by atoms with E-state index < -0.39 is 5.25 Å². The molecular weight excluding hydrogens is 434 g/mol. The van der Waals surface area contributed by atoms with Crippen LogP contribution in [0.2, 0.25) is 0 Å². The highest BCUT2D eigenvalue weighted by molar-refractivity contribution is 8.00. The molecule has 1 heterocycles. The van der Waals surface area contributed by atoms with Gasteiger partial charge in [-0.2, -0.15) is 0 Å². The SMILES string of the molecule is Cc1cc(C)cc(NC(=O)C(Sc2nnc(COc3cccc(C)c3)o2)c2ccccc2)c1. The fourth-order valence-corrected chi connectivity index (χ4v) is 4.34. The third kappa shape index (κ3) is 6.23. The number of anilines is 1. The monoisotopic (exact) mass is 459 g/mol. The largest absolute Gasteiger partial charge is 0.484 e. The van der Waals surface area contributed by atoms with Crippen LogP contribution in [0.1, 0.15) is 33.4 Å². The summed E-state index contributed by atoms with van der Waals surface area (Å²) >= 11 is 1.21. The van der Waals surface area contributed by atoms with Crippen LogP contribution in [0.25, 0.3) is 0 Å². The van der Waals surface area contributed by atoms with E-state index in [4.69, 9.17) is 9.15 Å². The van der Waals surface area contributed by atoms with Crippen LogP contribution in [0.5, 0.6) is 5.75 Å². The topological polar surface area (TPSA) is 77.2 Å². The van der Waals surface area contributed by atoms with Gasteiger partial charge in [-0.05, 0) is 79.1 Å². The van der Waals surface area contributed by atoms with Gasteiger partial charge in [0.05, 0.1) is 0 Å². The van der Waals surface area contributed by atoms with E-state index in [2.05, 4.69) is 21.6 Å². The van der Waals surface area contributed by atoms with Crippen LogP contribution in [-0.4, -0.2) is 16.1 Å². The number of hydrogen-bond acceptors (Lipinski definition) is 6. The Morgan fingerprint density at radius 1 is 0.939 bits per heavy atom. The van der Waals surface area contributed by atoms with Crippen molar-refractivity contribution >= 4 is 23.4 Å². The summed E-state index contributed by atoms with van der Waals surface area (Å²) in [6, 6.07) is 23.3. The average Bonchev–Trinajstić information content (AvgIpc) is 3.23. The molecule has 0 spiro atoms. The Morgan fingerprint density at radius 3 is 2.42 bits per heavy atom. The minimum atomic E-state index is -0.557. The molecule has 1 aromatic heterocycles. The number of rotatable bonds is 8. The number of thioether (sulfide) groups is 1. The van der Waals surface area contributed by atoms with Gasteiger partial charge in [0, 0.05) is 5.69 Å². The number of benzene rings is 3. The molecule has 0 saturated heterocycles. The second kappa shape index (κ2) is 10.4. The zero-order chi connectivity index (χ0) is 23.2. The van der Waals surface area contributed by atoms with E-state index in [1.54, 1.807) is 0 Å². The second-order valence-electron chi connectivity index (χ2n) is 7.84. The molecule has 0 aliphatic heterocycles. The van der Waals surface area contributed by atoms with Crippen molar-refractivity contribution < 1.29 is 13.9 Å². The maximum atomic E-state index is 13.2. The molecule has 33 heavy (non-hydrogen) atoms. The third-order valence-corrected chi connectivity index (χ3v) is 5.94. The molecule has 3 aromatic carbocycles. The number of carbonyl (C=O) groups is 1. The molecule has 1 N–H and O–H groups in total. The number of aryl methyl sites for hydroxylation is 3. The highest BCUT2D eigenvalue weighted by Crippen LogP contribution is 2.35. The Morgan fingerprint density at radius 2 is 1.70 bits per heavy atom. The van der Waals surface area contributed by atoms with Gasteiger partial charge >= 0.3 is 0 Å². The molecule has 1 atom stereocenters. The quantitative estimate of drug-likeness (QED) is 0.323. The van der Waals surface area contributed by atoms with Crippen LogP contribution in [0, 0.1) is 20.8 Å². The van der Waals surface area contributed by atoms with E-state index in [0.717, 1.165) is 33.7 Å². The van der Waals surface area contributed by atoms with Gasteiger partial charge < -0.3 is 14.5 Å². The van der Waals surface area contributed by atoms with Gasteiger partial charge in [-0.1, -0.05) is 48.5 Å². The molecule has 0 aliphatic rings. The van der Waals surface area contributed by atoms with E-state index in [1.807, 2.05) is 87.5 Å². The molecule has 0 fully saturated rings. The minimum absolute atomic E-state index is 0.155. The summed E-state index contributed by atoms with van der Waals surface area (Å²) in [4.78, 5) is 13.2. The Bertz CT molecular complexity index is 1220. The van der Waals surface area contributed by atoms with E-state index in [9.17, 15) is 4.79 Å². The van der Waals surface area contributed by atoms with Crippen molar-refractivity contribution in [3.8, 4) is 5.75 Å². The van der Waals surface area contributed by atoms with Crippen molar-refractivity contribution in [2.45, 2.75) is 37.9 Å². The van der Waals surface area contributed by atoms with Crippen molar-refractivity contribution in [3.05, 3.63) is 101 Å². The highest BCUT2D eigenvalue weighted by atomic mass is 32.2. The lowest BCUT2D eigenvalue weighted by atomic mass is 10.1. The number of ether oxygens (including phenoxy) is 1. The molecule has 0 radical (unpaired) electrons. The number of aromatic nitrogens is 2. The van der Waals surface area contributed by atoms with Crippen molar-refractivity contribution in [1.29, 1.82) is 0 Å². The third-order valence-electron chi connectivity index (χ3n) is 4.85. The predicted octanol–water partition coefficient (Wildman–Crippen LogP) is 6.05. The number of amides is 1. The molecule has 4 rings (SSSR count). The van der Waals surface area contributed by atoms with Crippen LogP contribution >= 0.6 is 11.8 Å². The fourth-order valence-electron chi connectivity index (χ4n) is 3.45. The van der Waals surface area contributed by atoms with Crippen LogP contribution in [0.4, 0.5) is 5.69 Å². The van der Waals surface area contributed by atoms with Gasteiger partial charge in [0.2, 0.25) is 5.91 Å². The van der Waals surface area contributed by atoms with Crippen LogP contribution in [-0.2, 0) is 11.4 Å². The smallest absolute Gasteiger partial charge is 0.277 e. The van der Waals surface area contributed by atoms with Crippen molar-refractivity contribution in [3.63, 3.8) is 0 Å². The average molecular weight is 460 g/mol. The molecule has 0 aliphatic carbocycles. The molecular formula is C26H25N3O3S. The number of carbonyl (C=O) groups excluding carboxylic acids is 1. The maximum absolute atomic E-state index is 13.2. The number of hydrogen-bond donors (Lipinski definition) is 1. The molecule has 6 nitrogen and oxygen atoms in total. The van der Waals surface area contributed by atoms with Crippen molar-refractivity contribution in [1.82, 2.24) is 10.2 Å². The summed E-state index contributed by atoms with van der Waals surface area (Å²) in [5.41, 5.74) is 4.89. The van der Waals surface area contributed by atoms with Gasteiger partial charge in [0.1, 0.15) is 11.0 Å². The molecule has 1 amide bonds. The normalized spacial score (nSPS) is 11.7. The number of nitrogens with zero attached hydrogens (tertiary/aromatic N) is 2. The highest BCUT2D eigenvalue weighted by Gasteiger charge is 2.25. The molecule has 0 bridgehead atoms.